The molecule has 3 heteroatoms. The highest BCUT2D eigenvalue weighted by molar-refractivity contribution is 4.93. The molecule has 0 aromatic carbocycles. The predicted molar refractivity (Wildman–Crippen MR) is 73.5 cm³/mol. The summed E-state index contributed by atoms with van der Waals surface area (Å²) in [6.45, 7) is 2.35. The van der Waals surface area contributed by atoms with E-state index >= 15 is 0 Å². The maximum absolute atomic E-state index is 9.58. The molecule has 5 atom stereocenters. The second kappa shape index (κ2) is 5.89. The Kier molecular flexibility index (Phi) is 4.22. The Morgan fingerprint density at radius 3 is 2.72 bits per heavy atom. The summed E-state index contributed by atoms with van der Waals surface area (Å²) in [6, 6.07) is 1.51. The van der Waals surface area contributed by atoms with Crippen molar-refractivity contribution in [3.05, 3.63) is 0 Å². The minimum atomic E-state index is -0.0207. The predicted octanol–water partition coefficient (Wildman–Crippen LogP) is 1.66. The van der Waals surface area contributed by atoms with Gasteiger partial charge in [-0.15, -0.1) is 0 Å². The molecule has 0 amide bonds. The van der Waals surface area contributed by atoms with E-state index in [1.165, 1.54) is 45.1 Å². The average molecular weight is 252 g/mol. The molecule has 3 nitrogen and oxygen atoms in total. The van der Waals surface area contributed by atoms with E-state index in [1.54, 1.807) is 0 Å². The van der Waals surface area contributed by atoms with Crippen LogP contribution in [0.25, 0.3) is 0 Å². The summed E-state index contributed by atoms with van der Waals surface area (Å²) >= 11 is 0. The third-order valence-corrected chi connectivity index (χ3v) is 5.37. The summed E-state index contributed by atoms with van der Waals surface area (Å²) in [6.07, 6.45) is 10.1. The van der Waals surface area contributed by atoms with E-state index < -0.39 is 0 Å². The molecule has 5 unspecified atom stereocenters. The molecule has 0 aromatic rings. The molecule has 2 aliphatic carbocycles. The van der Waals surface area contributed by atoms with Crippen LogP contribution in [-0.2, 0) is 0 Å². The van der Waals surface area contributed by atoms with Crippen LogP contribution in [0.1, 0.15) is 51.4 Å². The van der Waals surface area contributed by atoms with Crippen molar-refractivity contribution in [2.45, 2.75) is 69.6 Å². The Bertz CT molecular complexity index is 265. The highest BCUT2D eigenvalue weighted by atomic mass is 16.3. The molecular weight excluding hydrogens is 224 g/mol. The van der Waals surface area contributed by atoms with Gasteiger partial charge in [-0.2, -0.15) is 0 Å². The SMILES string of the molecule is OC1CCC(CNC2CCCC2C2CCCN2)C1. The number of aliphatic hydroxyl groups excluding tert-OH is 1. The number of aliphatic hydroxyl groups is 1. The Hall–Kier alpha value is -0.120. The maximum atomic E-state index is 9.58. The van der Waals surface area contributed by atoms with Gasteiger partial charge < -0.3 is 15.7 Å². The Morgan fingerprint density at radius 2 is 2.00 bits per heavy atom. The molecule has 0 bridgehead atoms. The zero-order valence-corrected chi connectivity index (χ0v) is 11.4. The van der Waals surface area contributed by atoms with E-state index in [0.717, 1.165) is 43.3 Å². The van der Waals surface area contributed by atoms with Crippen molar-refractivity contribution >= 4 is 0 Å². The quantitative estimate of drug-likeness (QED) is 0.713. The van der Waals surface area contributed by atoms with Gasteiger partial charge in [0.1, 0.15) is 0 Å². The number of nitrogens with one attached hydrogen (secondary N) is 2. The fourth-order valence-electron chi connectivity index (χ4n) is 4.35. The molecule has 104 valence electrons. The highest BCUT2D eigenvalue weighted by Crippen LogP contribution is 2.32. The lowest BCUT2D eigenvalue weighted by Crippen LogP contribution is -2.43. The number of rotatable bonds is 4. The van der Waals surface area contributed by atoms with Gasteiger partial charge in [0.15, 0.2) is 0 Å². The van der Waals surface area contributed by atoms with Gasteiger partial charge in [-0.05, 0) is 69.9 Å². The van der Waals surface area contributed by atoms with Crippen LogP contribution in [0.3, 0.4) is 0 Å². The molecule has 0 radical (unpaired) electrons. The van der Waals surface area contributed by atoms with Gasteiger partial charge in [-0.1, -0.05) is 6.42 Å². The van der Waals surface area contributed by atoms with Gasteiger partial charge in [0.25, 0.3) is 0 Å². The van der Waals surface area contributed by atoms with Crippen LogP contribution in [0.5, 0.6) is 0 Å². The summed E-state index contributed by atoms with van der Waals surface area (Å²) < 4.78 is 0. The zero-order valence-electron chi connectivity index (χ0n) is 11.4. The van der Waals surface area contributed by atoms with Crippen LogP contribution in [0.2, 0.25) is 0 Å². The Labute approximate surface area is 111 Å². The van der Waals surface area contributed by atoms with Crippen LogP contribution in [0, 0.1) is 11.8 Å². The largest absolute Gasteiger partial charge is 0.393 e. The van der Waals surface area contributed by atoms with Crippen LogP contribution in [0.15, 0.2) is 0 Å². The first kappa shape index (κ1) is 12.9. The fourth-order valence-corrected chi connectivity index (χ4v) is 4.35. The first-order valence-electron chi connectivity index (χ1n) is 7.98. The van der Waals surface area contributed by atoms with Crippen molar-refractivity contribution in [2.75, 3.05) is 13.1 Å². The standard InChI is InChI=1S/C15H28N2O/c18-12-7-6-11(9-12)10-17-15-4-1-3-13(15)14-5-2-8-16-14/h11-18H,1-10H2. The van der Waals surface area contributed by atoms with Crippen molar-refractivity contribution in [1.82, 2.24) is 10.6 Å². The third-order valence-electron chi connectivity index (χ3n) is 5.37. The molecule has 1 heterocycles. The van der Waals surface area contributed by atoms with E-state index in [0.29, 0.717) is 0 Å². The van der Waals surface area contributed by atoms with E-state index in [4.69, 9.17) is 0 Å². The van der Waals surface area contributed by atoms with Gasteiger partial charge in [0.05, 0.1) is 6.10 Å². The normalized spacial score (nSPS) is 44.8. The molecule has 0 aromatic heterocycles. The second-order valence-electron chi connectivity index (χ2n) is 6.65. The summed E-state index contributed by atoms with van der Waals surface area (Å²) in [4.78, 5) is 0. The van der Waals surface area contributed by atoms with Crippen molar-refractivity contribution < 1.29 is 5.11 Å². The number of hydrogen-bond acceptors (Lipinski definition) is 3. The van der Waals surface area contributed by atoms with Crippen LogP contribution >= 0.6 is 0 Å². The van der Waals surface area contributed by atoms with Gasteiger partial charge in [0, 0.05) is 12.1 Å². The van der Waals surface area contributed by atoms with Crippen LogP contribution in [-0.4, -0.2) is 36.4 Å². The minimum Gasteiger partial charge on any atom is -0.393 e. The first-order valence-corrected chi connectivity index (χ1v) is 7.98. The van der Waals surface area contributed by atoms with E-state index in [9.17, 15) is 5.11 Å². The lowest BCUT2D eigenvalue weighted by Gasteiger charge is -2.27. The number of hydrogen-bond donors (Lipinski definition) is 3. The molecule has 3 rings (SSSR count). The third kappa shape index (κ3) is 2.89. The minimum absolute atomic E-state index is 0.0207. The molecule has 18 heavy (non-hydrogen) atoms. The molecule has 3 N–H and O–H groups in total. The topological polar surface area (TPSA) is 44.3 Å². The smallest absolute Gasteiger partial charge is 0.0543 e. The van der Waals surface area contributed by atoms with E-state index in [1.807, 2.05) is 0 Å². The lowest BCUT2D eigenvalue weighted by atomic mass is 9.92. The van der Waals surface area contributed by atoms with Gasteiger partial charge in [-0.25, -0.2) is 0 Å². The van der Waals surface area contributed by atoms with Gasteiger partial charge in [0.2, 0.25) is 0 Å². The first-order chi connectivity index (χ1) is 8.83. The summed E-state index contributed by atoms with van der Waals surface area (Å²) in [5.41, 5.74) is 0. The van der Waals surface area contributed by atoms with Gasteiger partial charge in [-0.3, -0.25) is 0 Å². The van der Waals surface area contributed by atoms with Crippen molar-refractivity contribution in [2.24, 2.45) is 11.8 Å². The van der Waals surface area contributed by atoms with Crippen LogP contribution < -0.4 is 10.6 Å². The molecule has 1 aliphatic heterocycles. The van der Waals surface area contributed by atoms with Gasteiger partial charge >= 0.3 is 0 Å². The fraction of sp³-hybridized carbons (Fsp3) is 1.00. The van der Waals surface area contributed by atoms with Crippen LogP contribution in [0.4, 0.5) is 0 Å². The lowest BCUT2D eigenvalue weighted by molar-refractivity contribution is 0.176. The summed E-state index contributed by atoms with van der Waals surface area (Å²) in [5, 5.41) is 17.1. The second-order valence-corrected chi connectivity index (χ2v) is 6.65. The zero-order chi connectivity index (χ0) is 12.4. The van der Waals surface area contributed by atoms with Crippen molar-refractivity contribution in [1.29, 1.82) is 0 Å². The van der Waals surface area contributed by atoms with Crippen molar-refractivity contribution in [3.63, 3.8) is 0 Å². The van der Waals surface area contributed by atoms with E-state index in [-0.39, 0.29) is 6.10 Å². The summed E-state index contributed by atoms with van der Waals surface area (Å²) in [5.74, 6) is 1.58. The van der Waals surface area contributed by atoms with Crippen molar-refractivity contribution in [3.8, 4) is 0 Å². The molecule has 1 saturated heterocycles. The van der Waals surface area contributed by atoms with E-state index in [2.05, 4.69) is 10.6 Å². The summed E-state index contributed by atoms with van der Waals surface area (Å²) in [7, 11) is 0. The monoisotopic (exact) mass is 252 g/mol. The molecule has 2 saturated carbocycles. The maximum Gasteiger partial charge on any atom is 0.0543 e. The Balaban J connectivity index is 1.46. The molecule has 0 spiro atoms. The average Bonchev–Trinajstić information content (AvgIpc) is 3.07. The highest BCUT2D eigenvalue weighted by Gasteiger charge is 2.35. The molecular formula is C15H28N2O. The molecule has 3 aliphatic rings. The molecule has 3 fully saturated rings. The Morgan fingerprint density at radius 1 is 1.06 bits per heavy atom.